The second-order valence-corrected chi connectivity index (χ2v) is 13.5. The van der Waals surface area contributed by atoms with Crippen LogP contribution < -0.4 is 15.8 Å². The van der Waals surface area contributed by atoms with E-state index < -0.39 is 73.2 Å². The van der Waals surface area contributed by atoms with Crippen molar-refractivity contribution < 1.29 is 41.9 Å². The van der Waals surface area contributed by atoms with E-state index in [2.05, 4.69) is 0 Å². The summed E-state index contributed by atoms with van der Waals surface area (Å²) in [7, 11) is -4.57. The van der Waals surface area contributed by atoms with E-state index in [0.717, 1.165) is 6.20 Å². The number of benzene rings is 1. The number of nitrogens with one attached hydrogen (secondary N) is 1. The normalized spacial score (nSPS) is 29.3. The third kappa shape index (κ3) is 5.36. The lowest BCUT2D eigenvalue weighted by atomic mass is 9.78. The predicted octanol–water partition coefficient (Wildman–Crippen LogP) is 3.23. The molecule has 39 heavy (non-hydrogen) atoms. The van der Waals surface area contributed by atoms with Crippen molar-refractivity contribution >= 4 is 7.82 Å². The van der Waals surface area contributed by atoms with Crippen LogP contribution in [0.2, 0.25) is 0 Å². The van der Waals surface area contributed by atoms with Crippen molar-refractivity contribution in [2.75, 3.05) is 6.61 Å². The van der Waals surface area contributed by atoms with Gasteiger partial charge in [-0.1, -0.05) is 41.5 Å². The van der Waals surface area contributed by atoms with Gasteiger partial charge in [0.2, 0.25) is 0 Å². The van der Waals surface area contributed by atoms with Crippen LogP contribution in [0.25, 0.3) is 0 Å². The highest BCUT2D eigenvalue weighted by Gasteiger charge is 2.58. The molecule has 1 aromatic carbocycles. The molecule has 5 atom stereocenters. The van der Waals surface area contributed by atoms with Crippen molar-refractivity contribution in [1.82, 2.24) is 9.55 Å². The van der Waals surface area contributed by atoms with Crippen LogP contribution in [0.1, 0.15) is 70.0 Å². The molecule has 0 aliphatic carbocycles. The average Bonchev–Trinajstić information content (AvgIpc) is 3.03. The molecule has 11 nitrogen and oxygen atoms in total. The third-order valence-corrected chi connectivity index (χ3v) is 8.01. The summed E-state index contributed by atoms with van der Waals surface area (Å²) in [6, 6.07) is 1.63. The number of aromatic nitrogens is 2. The first-order valence-corrected chi connectivity index (χ1v) is 13.7. The molecule has 0 radical (unpaired) electrons. The molecule has 1 aromatic heterocycles. The van der Waals surface area contributed by atoms with Crippen molar-refractivity contribution in [2.24, 2.45) is 0 Å². The van der Waals surface area contributed by atoms with Crippen molar-refractivity contribution in [3.63, 3.8) is 0 Å². The van der Waals surface area contributed by atoms with Gasteiger partial charge in [0.25, 0.3) is 11.4 Å². The van der Waals surface area contributed by atoms with E-state index >= 15 is 8.78 Å². The van der Waals surface area contributed by atoms with Crippen LogP contribution in [-0.4, -0.2) is 44.4 Å². The molecule has 0 saturated carbocycles. The summed E-state index contributed by atoms with van der Waals surface area (Å²) >= 11 is 0. The predicted molar refractivity (Wildman–Crippen MR) is 135 cm³/mol. The Hall–Kier alpha value is -2.41. The SMILES string of the molecule is Cc1cn([C@@H]2O[C@](F)(COP3(=O)OCc4c(F)c(C(C)(C)C)cc(C(C)(C)C)c4O3)[C@@H](O)[C@H]2O)c(=O)[nH]c1=O. The number of aliphatic hydroxyl groups excluding tert-OH is 2. The van der Waals surface area contributed by atoms with E-state index in [9.17, 15) is 24.4 Å². The first kappa shape index (κ1) is 29.6. The van der Waals surface area contributed by atoms with Gasteiger partial charge in [-0.05, 0) is 29.4 Å². The molecule has 3 N–H and O–H groups in total. The smallest absolute Gasteiger partial charge is 0.403 e. The molecule has 14 heteroatoms. The number of aromatic amines is 1. The zero-order chi connectivity index (χ0) is 29.3. The number of aliphatic hydroxyl groups is 2. The quantitative estimate of drug-likeness (QED) is 0.468. The van der Waals surface area contributed by atoms with Gasteiger partial charge >= 0.3 is 13.5 Å². The molecular weight excluding hydrogens is 541 g/mol. The topological polar surface area (TPSA) is 149 Å². The Morgan fingerprint density at radius 3 is 2.38 bits per heavy atom. The number of phosphoric acid groups is 1. The summed E-state index contributed by atoms with van der Waals surface area (Å²) in [4.78, 5) is 25.9. The van der Waals surface area contributed by atoms with E-state index in [1.165, 1.54) is 6.92 Å². The lowest BCUT2D eigenvalue weighted by Crippen LogP contribution is -2.43. The molecule has 2 aliphatic heterocycles. The summed E-state index contributed by atoms with van der Waals surface area (Å²) < 4.78 is 66.4. The molecule has 1 saturated heterocycles. The number of fused-ring (bicyclic) bond motifs is 1. The van der Waals surface area contributed by atoms with Crippen LogP contribution in [0, 0.1) is 12.7 Å². The van der Waals surface area contributed by atoms with Crippen LogP contribution in [0.15, 0.2) is 21.9 Å². The van der Waals surface area contributed by atoms with Gasteiger partial charge in [-0.15, -0.1) is 0 Å². The molecule has 4 rings (SSSR count). The van der Waals surface area contributed by atoms with E-state index in [4.69, 9.17) is 18.3 Å². The Bertz CT molecular complexity index is 1460. The van der Waals surface area contributed by atoms with E-state index in [1.807, 2.05) is 46.5 Å². The second-order valence-electron chi connectivity index (χ2n) is 11.9. The Labute approximate surface area is 223 Å². The largest absolute Gasteiger partial charge is 0.530 e. The maximum Gasteiger partial charge on any atom is 0.530 e. The van der Waals surface area contributed by atoms with Crippen LogP contribution in [0.4, 0.5) is 8.78 Å². The van der Waals surface area contributed by atoms with Gasteiger partial charge in [-0.2, -0.15) is 0 Å². The van der Waals surface area contributed by atoms with E-state index in [0.29, 0.717) is 15.7 Å². The Kier molecular flexibility index (Phi) is 7.28. The molecule has 2 aromatic rings. The maximum atomic E-state index is 15.7. The highest BCUT2D eigenvalue weighted by molar-refractivity contribution is 7.49. The average molecular weight is 575 g/mol. The molecule has 3 heterocycles. The highest BCUT2D eigenvalue weighted by atomic mass is 31.2. The second kappa shape index (κ2) is 9.60. The third-order valence-electron chi connectivity index (χ3n) is 6.71. The summed E-state index contributed by atoms with van der Waals surface area (Å²) in [5, 5.41) is 20.8. The highest BCUT2D eigenvalue weighted by Crippen LogP contribution is 2.58. The van der Waals surface area contributed by atoms with Gasteiger partial charge in [0, 0.05) is 17.3 Å². The monoisotopic (exact) mass is 574 g/mol. The van der Waals surface area contributed by atoms with Crippen molar-refractivity contribution in [2.45, 2.75) is 90.2 Å². The minimum Gasteiger partial charge on any atom is -0.403 e. The Balaban J connectivity index is 1.62. The van der Waals surface area contributed by atoms with Gasteiger partial charge in [0.15, 0.2) is 6.23 Å². The fourth-order valence-electron chi connectivity index (χ4n) is 4.41. The Morgan fingerprint density at radius 1 is 1.18 bits per heavy atom. The van der Waals surface area contributed by atoms with Crippen LogP contribution >= 0.6 is 7.82 Å². The van der Waals surface area contributed by atoms with Gasteiger partial charge in [0.05, 0.1) is 12.2 Å². The number of nitrogens with zero attached hydrogens (tertiary/aromatic N) is 1. The number of ether oxygens (including phenoxy) is 1. The number of phosphoric ester groups is 1. The van der Waals surface area contributed by atoms with Crippen molar-refractivity contribution in [3.05, 3.63) is 61.2 Å². The maximum absolute atomic E-state index is 15.7. The van der Waals surface area contributed by atoms with Gasteiger partial charge in [0.1, 0.15) is 30.4 Å². The molecule has 2 aliphatic rings. The zero-order valence-electron chi connectivity index (χ0n) is 22.7. The zero-order valence-corrected chi connectivity index (χ0v) is 23.6. The van der Waals surface area contributed by atoms with Crippen LogP contribution in [0.3, 0.4) is 0 Å². The summed E-state index contributed by atoms with van der Waals surface area (Å²) in [5.41, 5.74) is -1.79. The number of aryl methyl sites for hydroxylation is 1. The molecule has 0 bridgehead atoms. The van der Waals surface area contributed by atoms with Gasteiger partial charge in [-0.25, -0.2) is 18.1 Å². The van der Waals surface area contributed by atoms with Gasteiger partial charge in [-0.3, -0.25) is 23.4 Å². The lowest BCUT2D eigenvalue weighted by Gasteiger charge is -2.34. The number of alkyl halides is 1. The molecule has 0 spiro atoms. The minimum absolute atomic E-state index is 0.0397. The number of H-pyrrole nitrogens is 1. The van der Waals surface area contributed by atoms with Crippen LogP contribution in [-0.2, 0) is 35.8 Å². The fraction of sp³-hybridized carbons (Fsp3) is 0.600. The fourth-order valence-corrected chi connectivity index (χ4v) is 5.65. The minimum atomic E-state index is -4.57. The summed E-state index contributed by atoms with van der Waals surface area (Å²) in [6.07, 6.45) is -4.92. The van der Waals surface area contributed by atoms with Gasteiger partial charge < -0.3 is 19.5 Å². The lowest BCUT2D eigenvalue weighted by molar-refractivity contribution is -0.205. The summed E-state index contributed by atoms with van der Waals surface area (Å²) in [6.45, 7) is 10.8. The molecule has 0 amide bonds. The summed E-state index contributed by atoms with van der Waals surface area (Å²) in [5.74, 6) is -3.79. The number of hydrogen-bond acceptors (Lipinski definition) is 9. The van der Waals surface area contributed by atoms with E-state index in [-0.39, 0.29) is 16.9 Å². The first-order valence-electron chi connectivity index (χ1n) is 12.3. The number of rotatable bonds is 4. The van der Waals surface area contributed by atoms with Crippen molar-refractivity contribution in [1.29, 1.82) is 0 Å². The molecule has 1 fully saturated rings. The first-order chi connectivity index (χ1) is 17.8. The standard InChI is InChI=1S/C25H33F2N2O9P/c1-12-9-29(22(33)28-20(12)32)21-17(30)19(31)25(27,37-21)11-36-39(34)35-10-13-16(26)14(23(2,3)4)8-15(18(13)38-39)24(5,6)7/h8-9,17,19,21,30-31H,10-11H2,1-7H3,(H,28,32,33)/t17-,19+,21-,25-,39?/m1/s1. The van der Waals surface area contributed by atoms with E-state index in [1.54, 1.807) is 6.07 Å². The van der Waals surface area contributed by atoms with Crippen LogP contribution in [0.5, 0.6) is 5.75 Å². The number of halogens is 2. The molecule has 216 valence electrons. The Morgan fingerprint density at radius 2 is 1.79 bits per heavy atom. The molecular formula is C25H33F2N2O9P. The van der Waals surface area contributed by atoms with Crippen molar-refractivity contribution in [3.8, 4) is 5.75 Å². The molecule has 1 unspecified atom stereocenters. The number of hydrogen-bond donors (Lipinski definition) is 3.